The zero-order valence-electron chi connectivity index (χ0n) is 11.1. The SMILES string of the molecule is Nc1c(F)ccc(NCc2ccc(CO)cc2)c1C(=O)O. The zero-order chi connectivity index (χ0) is 15.4. The molecule has 0 aromatic heterocycles. The molecule has 0 saturated carbocycles. The predicted molar refractivity (Wildman–Crippen MR) is 77.5 cm³/mol. The molecular weight excluding hydrogens is 275 g/mol. The second-order valence-electron chi connectivity index (χ2n) is 4.52. The van der Waals surface area contributed by atoms with E-state index in [4.69, 9.17) is 15.9 Å². The molecule has 6 heteroatoms. The number of anilines is 2. The smallest absolute Gasteiger partial charge is 0.340 e. The summed E-state index contributed by atoms with van der Waals surface area (Å²) in [5.74, 6) is -2.05. The van der Waals surface area contributed by atoms with Gasteiger partial charge in [-0.1, -0.05) is 24.3 Å². The molecule has 0 amide bonds. The number of hydrogen-bond acceptors (Lipinski definition) is 4. The third kappa shape index (κ3) is 3.29. The Bertz CT molecular complexity index is 657. The van der Waals surface area contributed by atoms with Crippen molar-refractivity contribution >= 4 is 17.3 Å². The van der Waals surface area contributed by atoms with Crippen molar-refractivity contribution in [2.75, 3.05) is 11.1 Å². The van der Waals surface area contributed by atoms with Crippen molar-refractivity contribution in [2.45, 2.75) is 13.2 Å². The summed E-state index contributed by atoms with van der Waals surface area (Å²) in [6.45, 7) is 0.322. The van der Waals surface area contributed by atoms with Crippen molar-refractivity contribution in [3.8, 4) is 0 Å². The molecule has 0 heterocycles. The lowest BCUT2D eigenvalue weighted by atomic mass is 10.1. The zero-order valence-corrected chi connectivity index (χ0v) is 11.1. The molecule has 5 N–H and O–H groups in total. The average molecular weight is 290 g/mol. The molecule has 0 aliphatic heterocycles. The van der Waals surface area contributed by atoms with E-state index in [1.54, 1.807) is 12.1 Å². The lowest BCUT2D eigenvalue weighted by Crippen LogP contribution is -2.10. The number of nitrogens with two attached hydrogens (primary N) is 1. The Hall–Kier alpha value is -2.60. The second-order valence-corrected chi connectivity index (χ2v) is 4.52. The van der Waals surface area contributed by atoms with Gasteiger partial charge in [0, 0.05) is 6.54 Å². The number of hydrogen-bond donors (Lipinski definition) is 4. The molecule has 0 atom stereocenters. The minimum Gasteiger partial charge on any atom is -0.478 e. The maximum absolute atomic E-state index is 13.3. The number of halogens is 1. The van der Waals surface area contributed by atoms with Gasteiger partial charge in [-0.05, 0) is 23.3 Å². The largest absolute Gasteiger partial charge is 0.478 e. The number of carbonyl (C=O) groups is 1. The molecule has 110 valence electrons. The first-order valence-corrected chi connectivity index (χ1v) is 6.26. The summed E-state index contributed by atoms with van der Waals surface area (Å²) in [7, 11) is 0. The fourth-order valence-corrected chi connectivity index (χ4v) is 1.93. The van der Waals surface area contributed by atoms with E-state index in [1.165, 1.54) is 6.07 Å². The minimum absolute atomic E-state index is 0.0363. The molecule has 0 radical (unpaired) electrons. The Kier molecular flexibility index (Phi) is 4.39. The summed E-state index contributed by atoms with van der Waals surface area (Å²) < 4.78 is 13.3. The van der Waals surface area contributed by atoms with Gasteiger partial charge < -0.3 is 21.3 Å². The Balaban J connectivity index is 2.19. The van der Waals surface area contributed by atoms with Crippen LogP contribution in [0.5, 0.6) is 0 Å². The number of nitrogens with one attached hydrogen (secondary N) is 1. The van der Waals surface area contributed by atoms with Crippen molar-refractivity contribution < 1.29 is 19.4 Å². The van der Waals surface area contributed by atoms with Crippen molar-refractivity contribution in [3.05, 3.63) is 58.9 Å². The number of rotatable bonds is 5. The lowest BCUT2D eigenvalue weighted by Gasteiger charge is -2.12. The van der Waals surface area contributed by atoms with Gasteiger partial charge in [0.2, 0.25) is 0 Å². The van der Waals surface area contributed by atoms with Gasteiger partial charge >= 0.3 is 5.97 Å². The van der Waals surface area contributed by atoms with E-state index in [0.717, 1.165) is 17.2 Å². The third-order valence-corrected chi connectivity index (χ3v) is 3.09. The van der Waals surface area contributed by atoms with Crippen LogP contribution >= 0.6 is 0 Å². The van der Waals surface area contributed by atoms with Crippen LogP contribution in [0.4, 0.5) is 15.8 Å². The molecular formula is C15H15FN2O3. The highest BCUT2D eigenvalue weighted by molar-refractivity contribution is 6.00. The van der Waals surface area contributed by atoms with E-state index in [1.807, 2.05) is 12.1 Å². The van der Waals surface area contributed by atoms with Crippen LogP contribution < -0.4 is 11.1 Å². The van der Waals surface area contributed by atoms with E-state index in [2.05, 4.69) is 5.32 Å². The van der Waals surface area contributed by atoms with Gasteiger partial charge in [0.15, 0.2) is 0 Å². The molecule has 2 aromatic rings. The average Bonchev–Trinajstić information content (AvgIpc) is 2.48. The van der Waals surface area contributed by atoms with Crippen LogP contribution in [0.15, 0.2) is 36.4 Å². The highest BCUT2D eigenvalue weighted by atomic mass is 19.1. The fourth-order valence-electron chi connectivity index (χ4n) is 1.93. The third-order valence-electron chi connectivity index (χ3n) is 3.09. The van der Waals surface area contributed by atoms with Gasteiger partial charge in [-0.2, -0.15) is 0 Å². The second kappa shape index (κ2) is 6.23. The number of nitrogen functional groups attached to an aromatic ring is 1. The van der Waals surface area contributed by atoms with Gasteiger partial charge in [0.1, 0.15) is 11.4 Å². The van der Waals surface area contributed by atoms with E-state index in [9.17, 15) is 9.18 Å². The summed E-state index contributed by atoms with van der Waals surface area (Å²) in [4.78, 5) is 11.2. The number of aliphatic hydroxyl groups excluding tert-OH is 1. The molecule has 21 heavy (non-hydrogen) atoms. The lowest BCUT2D eigenvalue weighted by molar-refractivity contribution is 0.0698. The number of carboxylic acid groups (broad SMARTS) is 1. The van der Waals surface area contributed by atoms with E-state index < -0.39 is 11.8 Å². The summed E-state index contributed by atoms with van der Waals surface area (Å²) in [5, 5.41) is 21.0. The van der Waals surface area contributed by atoms with E-state index in [-0.39, 0.29) is 23.5 Å². The predicted octanol–water partition coefficient (Wildman–Crippen LogP) is 2.21. The summed E-state index contributed by atoms with van der Waals surface area (Å²) >= 11 is 0. The number of benzene rings is 2. The van der Waals surface area contributed by atoms with Crippen molar-refractivity contribution in [2.24, 2.45) is 0 Å². The Morgan fingerprint density at radius 1 is 1.14 bits per heavy atom. The topological polar surface area (TPSA) is 95.6 Å². The highest BCUT2D eigenvalue weighted by Gasteiger charge is 2.17. The first kappa shape index (κ1) is 14.8. The normalized spacial score (nSPS) is 10.4. The summed E-state index contributed by atoms with van der Waals surface area (Å²) in [6, 6.07) is 9.64. The monoisotopic (exact) mass is 290 g/mol. The molecule has 0 saturated heterocycles. The fraction of sp³-hybridized carbons (Fsp3) is 0.133. The Morgan fingerprint density at radius 2 is 1.76 bits per heavy atom. The molecule has 5 nitrogen and oxygen atoms in total. The summed E-state index contributed by atoms with van der Waals surface area (Å²) in [5.41, 5.74) is 6.75. The Labute approximate surface area is 120 Å². The summed E-state index contributed by atoms with van der Waals surface area (Å²) in [6.07, 6.45) is 0. The van der Waals surface area contributed by atoms with Crippen molar-refractivity contribution in [3.63, 3.8) is 0 Å². The standard InChI is InChI=1S/C15H15FN2O3/c16-11-5-6-12(13(14(11)17)15(20)21)18-7-9-1-3-10(8-19)4-2-9/h1-6,18-19H,7-8,17H2,(H,20,21). The maximum Gasteiger partial charge on any atom is 0.340 e. The van der Waals surface area contributed by atoms with Crippen LogP contribution in [0, 0.1) is 5.82 Å². The van der Waals surface area contributed by atoms with Gasteiger partial charge in [0.25, 0.3) is 0 Å². The Morgan fingerprint density at radius 3 is 2.33 bits per heavy atom. The van der Waals surface area contributed by atoms with Crippen molar-refractivity contribution in [1.29, 1.82) is 0 Å². The first-order valence-electron chi connectivity index (χ1n) is 6.26. The number of aliphatic hydroxyl groups is 1. The van der Waals surface area contributed by atoms with Crippen LogP contribution in [-0.4, -0.2) is 16.2 Å². The molecule has 0 fully saturated rings. The van der Waals surface area contributed by atoms with Crippen molar-refractivity contribution in [1.82, 2.24) is 0 Å². The minimum atomic E-state index is -1.29. The number of aromatic carboxylic acids is 1. The van der Waals surface area contributed by atoms with Gasteiger partial charge in [-0.25, -0.2) is 9.18 Å². The molecule has 0 spiro atoms. The molecule has 0 unspecified atom stereocenters. The molecule has 0 aliphatic rings. The maximum atomic E-state index is 13.3. The molecule has 2 aromatic carbocycles. The quantitative estimate of drug-likeness (QED) is 0.633. The van der Waals surface area contributed by atoms with Gasteiger partial charge in [0.05, 0.1) is 18.0 Å². The molecule has 2 rings (SSSR count). The van der Waals surface area contributed by atoms with Gasteiger partial charge in [-0.3, -0.25) is 0 Å². The first-order chi connectivity index (χ1) is 10.0. The van der Waals surface area contributed by atoms with Gasteiger partial charge in [-0.15, -0.1) is 0 Å². The van der Waals surface area contributed by atoms with Crippen LogP contribution in [-0.2, 0) is 13.2 Å². The molecule has 0 bridgehead atoms. The van der Waals surface area contributed by atoms with Crippen LogP contribution in [0.3, 0.4) is 0 Å². The molecule has 0 aliphatic carbocycles. The van der Waals surface area contributed by atoms with E-state index >= 15 is 0 Å². The van der Waals surface area contributed by atoms with E-state index in [0.29, 0.717) is 6.54 Å². The van der Waals surface area contributed by atoms with Crippen LogP contribution in [0.25, 0.3) is 0 Å². The van der Waals surface area contributed by atoms with Crippen LogP contribution in [0.1, 0.15) is 21.5 Å². The number of carboxylic acids is 1. The highest BCUT2D eigenvalue weighted by Crippen LogP contribution is 2.25. The van der Waals surface area contributed by atoms with Crippen LogP contribution in [0.2, 0.25) is 0 Å².